The predicted molar refractivity (Wildman–Crippen MR) is 83.1 cm³/mol. The number of carbonyl (C=O) groups excluding carboxylic acids is 8. The zero-order valence-electron chi connectivity index (χ0n) is 14.8. The third-order valence-corrected chi connectivity index (χ3v) is 5.36. The van der Waals surface area contributed by atoms with Gasteiger partial charge in [-0.2, -0.15) is 0 Å². The summed E-state index contributed by atoms with van der Waals surface area (Å²) in [5.41, 5.74) is -3.92. The predicted octanol–water partition coefficient (Wildman–Crippen LogP) is -3.23. The number of nitrogens with zero attached hydrogens (tertiary/aromatic N) is 3. The third kappa shape index (κ3) is 1.59. The number of rotatable bonds is 1. The average Bonchev–Trinajstić information content (AvgIpc) is 2.68. The second-order valence-electron chi connectivity index (χ2n) is 6.53. The number of β-lactam (4-membered cyclic amide) rings is 6. The molecule has 12 heteroatoms. The molecular formula is C15H13BN3O8. The van der Waals surface area contributed by atoms with Crippen LogP contribution in [0.15, 0.2) is 0 Å². The van der Waals surface area contributed by atoms with Gasteiger partial charge < -0.3 is 4.81 Å². The number of hydrogen-bond acceptors (Lipinski definition) is 8. The maximum atomic E-state index is 11.4. The summed E-state index contributed by atoms with van der Waals surface area (Å²) in [7, 11) is 3.75. The molecule has 139 valence electrons. The van der Waals surface area contributed by atoms with Gasteiger partial charge in [0.05, 0.1) is 5.92 Å². The Hall–Kier alpha value is -3.18. The van der Waals surface area contributed by atoms with Crippen LogP contribution in [0.4, 0.5) is 0 Å². The molecule has 3 aliphatic heterocycles. The SMILES string of the molecule is CC1C(=O)C2(C1=O)C(=O)N(C)C2=O.C[B]N1C(=O)C2(C(=O)N(C)C2=O)C1=O. The van der Waals surface area contributed by atoms with Gasteiger partial charge in [0.25, 0.3) is 48.3 Å². The van der Waals surface area contributed by atoms with Gasteiger partial charge in [-0.15, -0.1) is 0 Å². The third-order valence-electron chi connectivity index (χ3n) is 5.36. The molecule has 1 saturated carbocycles. The first-order valence-corrected chi connectivity index (χ1v) is 7.86. The first kappa shape index (κ1) is 18.6. The number of carbonyl (C=O) groups is 8. The van der Waals surface area contributed by atoms with Crippen molar-refractivity contribution < 1.29 is 38.4 Å². The Morgan fingerprint density at radius 3 is 1.33 bits per heavy atom. The van der Waals surface area contributed by atoms with Crippen LogP contribution in [0.25, 0.3) is 0 Å². The molecule has 2 spiro atoms. The molecule has 0 unspecified atom stereocenters. The van der Waals surface area contributed by atoms with Gasteiger partial charge in [-0.1, -0.05) is 6.82 Å². The zero-order valence-corrected chi connectivity index (χ0v) is 14.8. The quantitative estimate of drug-likeness (QED) is 0.264. The van der Waals surface area contributed by atoms with Crippen molar-refractivity contribution in [2.75, 3.05) is 14.1 Å². The van der Waals surface area contributed by atoms with E-state index in [0.29, 0.717) is 0 Å². The first-order chi connectivity index (χ1) is 12.4. The molecule has 27 heavy (non-hydrogen) atoms. The minimum atomic E-state index is -2.01. The molecule has 0 aromatic carbocycles. The molecule has 3 heterocycles. The van der Waals surface area contributed by atoms with Crippen molar-refractivity contribution in [3.05, 3.63) is 0 Å². The molecule has 4 fully saturated rings. The first-order valence-electron chi connectivity index (χ1n) is 7.86. The number of likely N-dealkylation sites (tertiary alicyclic amines) is 2. The summed E-state index contributed by atoms with van der Waals surface area (Å²) in [4.78, 5) is 92.6. The van der Waals surface area contributed by atoms with Gasteiger partial charge in [0.15, 0.2) is 11.6 Å². The Labute approximate surface area is 152 Å². The van der Waals surface area contributed by atoms with Crippen LogP contribution in [-0.2, 0) is 38.4 Å². The monoisotopic (exact) mass is 374 g/mol. The minimum absolute atomic E-state index is 0.550. The Kier molecular flexibility index (Phi) is 3.57. The molecule has 0 aromatic heterocycles. The fourth-order valence-corrected chi connectivity index (χ4v) is 3.59. The van der Waals surface area contributed by atoms with Gasteiger partial charge in [0, 0.05) is 14.1 Å². The van der Waals surface area contributed by atoms with Crippen LogP contribution in [0.1, 0.15) is 6.92 Å². The molecule has 3 saturated heterocycles. The number of ketones is 2. The summed E-state index contributed by atoms with van der Waals surface area (Å²) in [5.74, 6) is -6.17. The molecule has 0 N–H and O–H groups in total. The lowest BCUT2D eigenvalue weighted by molar-refractivity contribution is -0.194. The second kappa shape index (κ2) is 5.18. The van der Waals surface area contributed by atoms with Crippen molar-refractivity contribution in [3.8, 4) is 0 Å². The Balaban J connectivity index is 0.000000156. The smallest absolute Gasteiger partial charge is 0.282 e. The maximum absolute atomic E-state index is 11.4. The van der Waals surface area contributed by atoms with Crippen LogP contribution < -0.4 is 0 Å². The Morgan fingerprint density at radius 1 is 0.667 bits per heavy atom. The molecule has 1 radical (unpaired) electrons. The van der Waals surface area contributed by atoms with Crippen molar-refractivity contribution in [3.63, 3.8) is 0 Å². The number of imide groups is 3. The Bertz CT molecular complexity index is 803. The summed E-state index contributed by atoms with van der Waals surface area (Å²) in [6.07, 6.45) is 0. The van der Waals surface area contributed by atoms with Crippen LogP contribution in [0.3, 0.4) is 0 Å². The maximum Gasteiger partial charge on any atom is 0.282 e. The molecule has 6 amide bonds. The van der Waals surface area contributed by atoms with Gasteiger partial charge in [-0.3, -0.25) is 48.2 Å². The van der Waals surface area contributed by atoms with E-state index in [1.165, 1.54) is 35.3 Å². The zero-order chi connectivity index (χ0) is 20.6. The molecule has 0 aromatic rings. The van der Waals surface area contributed by atoms with Gasteiger partial charge in [0.1, 0.15) is 0 Å². The molecule has 4 rings (SSSR count). The van der Waals surface area contributed by atoms with Gasteiger partial charge >= 0.3 is 0 Å². The highest BCUT2D eigenvalue weighted by Crippen LogP contribution is 2.47. The summed E-state index contributed by atoms with van der Waals surface area (Å²) in [5, 5.41) is 0. The van der Waals surface area contributed by atoms with Crippen LogP contribution in [0.5, 0.6) is 0 Å². The standard InChI is InChI=1S/C8H7NO4.C7H6BN2O4/c1-3-4(10)8(5(3)11)6(12)9(2)7(8)13;1-8-10-5(13)7(6(10)14)3(11)9(2)4(7)12/h3H,1-2H3;1-2H3. The van der Waals surface area contributed by atoms with Crippen molar-refractivity contribution in [2.45, 2.75) is 13.7 Å². The fourth-order valence-electron chi connectivity index (χ4n) is 3.59. The minimum Gasteiger partial charge on any atom is -0.330 e. The lowest BCUT2D eigenvalue weighted by atomic mass is 9.55. The topological polar surface area (TPSA) is 146 Å². The van der Waals surface area contributed by atoms with Gasteiger partial charge in [-0.25, -0.2) is 0 Å². The number of Topliss-reactive ketones (excluding diaryl/α,β-unsaturated/α-hetero) is 2. The summed E-state index contributed by atoms with van der Waals surface area (Å²) in [6.45, 7) is 2.90. The highest BCUT2D eigenvalue weighted by Gasteiger charge is 2.79. The van der Waals surface area contributed by atoms with Crippen LogP contribution in [-0.4, -0.2) is 83.1 Å². The van der Waals surface area contributed by atoms with E-state index in [2.05, 4.69) is 0 Å². The molecule has 4 aliphatic rings. The highest BCUT2D eigenvalue weighted by molar-refractivity contribution is 6.61. The van der Waals surface area contributed by atoms with Crippen molar-refractivity contribution >= 4 is 54.4 Å². The molecular weight excluding hydrogens is 361 g/mol. The van der Waals surface area contributed by atoms with E-state index in [4.69, 9.17) is 0 Å². The Morgan fingerprint density at radius 2 is 1.00 bits per heavy atom. The summed E-state index contributed by atoms with van der Waals surface area (Å²) < 4.78 is 0. The average molecular weight is 374 g/mol. The van der Waals surface area contributed by atoms with E-state index in [9.17, 15) is 38.4 Å². The van der Waals surface area contributed by atoms with E-state index < -0.39 is 63.8 Å². The molecule has 1 aliphatic carbocycles. The van der Waals surface area contributed by atoms with E-state index in [1.807, 2.05) is 0 Å². The van der Waals surface area contributed by atoms with E-state index in [1.54, 1.807) is 0 Å². The lowest BCUT2D eigenvalue weighted by Gasteiger charge is -2.51. The second-order valence-corrected chi connectivity index (χ2v) is 6.53. The van der Waals surface area contributed by atoms with Crippen LogP contribution in [0.2, 0.25) is 6.82 Å². The van der Waals surface area contributed by atoms with Crippen molar-refractivity contribution in [2.24, 2.45) is 16.7 Å². The van der Waals surface area contributed by atoms with E-state index in [0.717, 1.165) is 14.6 Å². The summed E-state index contributed by atoms with van der Waals surface area (Å²) >= 11 is 0. The van der Waals surface area contributed by atoms with Gasteiger partial charge in [-0.05, 0) is 6.92 Å². The normalized spacial score (nSPS) is 25.1. The lowest BCUT2D eigenvalue weighted by Crippen LogP contribution is -2.83. The van der Waals surface area contributed by atoms with Crippen molar-refractivity contribution in [1.82, 2.24) is 14.6 Å². The number of hydrogen-bond donors (Lipinski definition) is 0. The molecule has 0 bridgehead atoms. The van der Waals surface area contributed by atoms with Crippen molar-refractivity contribution in [1.29, 1.82) is 0 Å². The molecule has 11 nitrogen and oxygen atoms in total. The van der Waals surface area contributed by atoms with Gasteiger partial charge in [0.2, 0.25) is 5.41 Å². The van der Waals surface area contributed by atoms with Crippen LogP contribution >= 0.6 is 0 Å². The fraction of sp³-hybridized carbons (Fsp3) is 0.467. The molecule has 0 atom stereocenters. The van der Waals surface area contributed by atoms with E-state index >= 15 is 0 Å². The van der Waals surface area contributed by atoms with E-state index in [-0.39, 0.29) is 0 Å². The highest BCUT2D eigenvalue weighted by atomic mass is 16.2. The largest absolute Gasteiger partial charge is 0.330 e. The number of amides is 6. The van der Waals surface area contributed by atoms with Crippen LogP contribution in [0, 0.1) is 16.7 Å². The summed E-state index contributed by atoms with van der Waals surface area (Å²) in [6, 6.07) is 0.